The van der Waals surface area contributed by atoms with Crippen LogP contribution in [-0.2, 0) is 6.42 Å². The highest BCUT2D eigenvalue weighted by Crippen LogP contribution is 2.32. The SMILES string of the molecule is COc1ccc(-c2nc3nc4c(cn3n2)C(=O)CC(c2ccccc2)C4)cc1. The van der Waals surface area contributed by atoms with Crippen LogP contribution in [0.2, 0.25) is 0 Å². The molecule has 0 saturated carbocycles. The maximum atomic E-state index is 12.7. The lowest BCUT2D eigenvalue weighted by Gasteiger charge is -2.22. The van der Waals surface area contributed by atoms with Gasteiger partial charge in [-0.3, -0.25) is 4.79 Å². The van der Waals surface area contributed by atoms with Crippen molar-refractivity contribution in [2.24, 2.45) is 0 Å². The number of carbonyl (C=O) groups is 1. The van der Waals surface area contributed by atoms with Gasteiger partial charge in [0, 0.05) is 18.2 Å². The summed E-state index contributed by atoms with van der Waals surface area (Å²) < 4.78 is 6.79. The molecule has 6 nitrogen and oxygen atoms in total. The van der Waals surface area contributed by atoms with E-state index in [4.69, 9.17) is 4.74 Å². The molecule has 1 aliphatic rings. The molecular weight excluding hydrogens is 352 g/mol. The third-order valence-electron chi connectivity index (χ3n) is 5.20. The van der Waals surface area contributed by atoms with Gasteiger partial charge in [-0.2, -0.15) is 4.98 Å². The second-order valence-electron chi connectivity index (χ2n) is 6.95. The van der Waals surface area contributed by atoms with Gasteiger partial charge in [-0.25, -0.2) is 9.50 Å². The molecule has 1 unspecified atom stereocenters. The number of nitrogens with zero attached hydrogens (tertiary/aromatic N) is 4. The first-order valence-corrected chi connectivity index (χ1v) is 9.20. The molecule has 0 N–H and O–H groups in total. The van der Waals surface area contributed by atoms with Gasteiger partial charge in [0.15, 0.2) is 11.6 Å². The zero-order valence-corrected chi connectivity index (χ0v) is 15.4. The Bertz CT molecular complexity index is 1170. The summed E-state index contributed by atoms with van der Waals surface area (Å²) >= 11 is 0. The first-order chi connectivity index (χ1) is 13.7. The number of aromatic nitrogens is 4. The number of methoxy groups -OCH3 is 1. The molecule has 1 atom stereocenters. The van der Waals surface area contributed by atoms with Crippen LogP contribution in [-0.4, -0.2) is 32.5 Å². The van der Waals surface area contributed by atoms with Gasteiger partial charge in [-0.1, -0.05) is 30.3 Å². The molecule has 2 aromatic carbocycles. The molecule has 2 heterocycles. The van der Waals surface area contributed by atoms with Gasteiger partial charge in [0.25, 0.3) is 5.78 Å². The Kier molecular flexibility index (Phi) is 3.90. The lowest BCUT2D eigenvalue weighted by Crippen LogP contribution is -2.21. The van der Waals surface area contributed by atoms with Crippen LogP contribution in [0.4, 0.5) is 0 Å². The predicted octanol–water partition coefficient (Wildman–Crippen LogP) is 3.71. The molecule has 4 aromatic rings. The Labute approximate surface area is 161 Å². The van der Waals surface area contributed by atoms with Crippen molar-refractivity contribution in [1.29, 1.82) is 0 Å². The van der Waals surface area contributed by atoms with Crippen LogP contribution in [0.3, 0.4) is 0 Å². The Morgan fingerprint density at radius 1 is 1.00 bits per heavy atom. The van der Waals surface area contributed by atoms with Crippen molar-refractivity contribution >= 4 is 11.6 Å². The lowest BCUT2D eigenvalue weighted by molar-refractivity contribution is 0.0962. The Morgan fingerprint density at radius 3 is 2.54 bits per heavy atom. The van der Waals surface area contributed by atoms with Crippen LogP contribution in [0.1, 0.15) is 34.0 Å². The number of ether oxygens (including phenoxy) is 1. The second-order valence-corrected chi connectivity index (χ2v) is 6.95. The van der Waals surface area contributed by atoms with E-state index in [1.165, 1.54) is 5.56 Å². The summed E-state index contributed by atoms with van der Waals surface area (Å²) in [5.74, 6) is 2.11. The molecule has 0 aliphatic heterocycles. The van der Waals surface area contributed by atoms with E-state index >= 15 is 0 Å². The van der Waals surface area contributed by atoms with Crippen molar-refractivity contribution < 1.29 is 9.53 Å². The Morgan fingerprint density at radius 2 is 1.79 bits per heavy atom. The first kappa shape index (κ1) is 16.6. The minimum absolute atomic E-state index is 0.103. The van der Waals surface area contributed by atoms with Crippen molar-refractivity contribution in [2.45, 2.75) is 18.8 Å². The van der Waals surface area contributed by atoms with E-state index in [0.717, 1.165) is 23.4 Å². The van der Waals surface area contributed by atoms with Gasteiger partial charge < -0.3 is 4.74 Å². The quantitative estimate of drug-likeness (QED) is 0.550. The fourth-order valence-corrected chi connectivity index (χ4v) is 3.71. The van der Waals surface area contributed by atoms with Gasteiger partial charge in [0.05, 0.1) is 18.4 Å². The smallest absolute Gasteiger partial charge is 0.252 e. The molecule has 0 fully saturated rings. The van der Waals surface area contributed by atoms with Crippen molar-refractivity contribution in [3.8, 4) is 17.1 Å². The predicted molar refractivity (Wildman–Crippen MR) is 105 cm³/mol. The van der Waals surface area contributed by atoms with Crippen molar-refractivity contribution in [3.05, 3.63) is 77.6 Å². The van der Waals surface area contributed by atoms with Crippen molar-refractivity contribution in [1.82, 2.24) is 19.6 Å². The van der Waals surface area contributed by atoms with E-state index in [2.05, 4.69) is 27.2 Å². The molecule has 0 amide bonds. The third-order valence-corrected chi connectivity index (χ3v) is 5.20. The zero-order chi connectivity index (χ0) is 19.1. The van der Waals surface area contributed by atoms with Gasteiger partial charge in [-0.15, -0.1) is 5.10 Å². The van der Waals surface area contributed by atoms with E-state index in [1.54, 1.807) is 17.8 Å². The maximum Gasteiger partial charge on any atom is 0.252 e. The number of hydrogen-bond donors (Lipinski definition) is 0. The summed E-state index contributed by atoms with van der Waals surface area (Å²) in [6, 6.07) is 17.7. The maximum absolute atomic E-state index is 12.7. The Hall–Kier alpha value is -3.54. The third kappa shape index (κ3) is 2.83. The summed E-state index contributed by atoms with van der Waals surface area (Å²) in [6.07, 6.45) is 2.98. The lowest BCUT2D eigenvalue weighted by atomic mass is 9.82. The van der Waals surface area contributed by atoms with Crippen LogP contribution < -0.4 is 4.74 Å². The fraction of sp³-hybridized carbons (Fsp3) is 0.182. The molecule has 28 heavy (non-hydrogen) atoms. The van der Waals surface area contributed by atoms with Crippen molar-refractivity contribution in [2.75, 3.05) is 7.11 Å². The molecule has 0 radical (unpaired) electrons. The van der Waals surface area contributed by atoms with E-state index in [1.807, 2.05) is 42.5 Å². The van der Waals surface area contributed by atoms with Crippen LogP contribution >= 0.6 is 0 Å². The van der Waals surface area contributed by atoms with Gasteiger partial charge in [0.1, 0.15) is 5.75 Å². The van der Waals surface area contributed by atoms with E-state index < -0.39 is 0 Å². The highest BCUT2D eigenvalue weighted by Gasteiger charge is 2.28. The molecular formula is C22H18N4O2. The van der Waals surface area contributed by atoms with E-state index in [0.29, 0.717) is 23.6 Å². The van der Waals surface area contributed by atoms with E-state index in [-0.39, 0.29) is 11.7 Å². The number of fused-ring (bicyclic) bond motifs is 2. The molecule has 138 valence electrons. The summed E-state index contributed by atoms with van der Waals surface area (Å²) in [5, 5.41) is 4.51. The first-order valence-electron chi connectivity index (χ1n) is 9.20. The average molecular weight is 370 g/mol. The van der Waals surface area contributed by atoms with Crippen LogP contribution in [0, 0.1) is 0 Å². The summed E-state index contributed by atoms with van der Waals surface area (Å²) in [4.78, 5) is 22.0. The highest BCUT2D eigenvalue weighted by molar-refractivity contribution is 5.98. The minimum atomic E-state index is 0.103. The van der Waals surface area contributed by atoms with Gasteiger partial charge >= 0.3 is 0 Å². The number of hydrogen-bond acceptors (Lipinski definition) is 5. The average Bonchev–Trinajstić information content (AvgIpc) is 3.16. The number of rotatable bonds is 3. The molecule has 2 aromatic heterocycles. The molecule has 6 heteroatoms. The van der Waals surface area contributed by atoms with Crippen LogP contribution in [0.5, 0.6) is 5.75 Å². The molecule has 0 bridgehead atoms. The highest BCUT2D eigenvalue weighted by atomic mass is 16.5. The molecule has 5 rings (SSSR count). The largest absolute Gasteiger partial charge is 0.497 e. The number of benzene rings is 2. The number of Topliss-reactive ketones (excluding diaryl/α,β-unsaturated/α-hetero) is 1. The summed E-state index contributed by atoms with van der Waals surface area (Å²) in [6.45, 7) is 0. The van der Waals surface area contributed by atoms with Crippen LogP contribution in [0.15, 0.2) is 60.8 Å². The monoisotopic (exact) mass is 370 g/mol. The standard InChI is InChI=1S/C22H18N4O2/c1-28-17-9-7-15(8-10-17)21-24-22-23-19-11-16(14-5-3-2-4-6-14)12-20(27)18(19)13-26(22)25-21/h2-10,13,16H,11-12H2,1H3. The second kappa shape index (κ2) is 6.56. The number of ketones is 1. The molecule has 0 spiro atoms. The molecule has 0 saturated heterocycles. The van der Waals surface area contributed by atoms with Crippen molar-refractivity contribution in [3.63, 3.8) is 0 Å². The zero-order valence-electron chi connectivity index (χ0n) is 15.4. The summed E-state index contributed by atoms with van der Waals surface area (Å²) in [5.41, 5.74) is 3.48. The topological polar surface area (TPSA) is 69.4 Å². The Balaban J connectivity index is 1.53. The van der Waals surface area contributed by atoms with E-state index in [9.17, 15) is 4.79 Å². The normalized spacial score (nSPS) is 16.2. The van der Waals surface area contributed by atoms with Gasteiger partial charge in [-0.05, 0) is 42.2 Å². The minimum Gasteiger partial charge on any atom is -0.497 e. The van der Waals surface area contributed by atoms with Crippen LogP contribution in [0.25, 0.3) is 17.2 Å². The molecule has 1 aliphatic carbocycles. The fourth-order valence-electron chi connectivity index (χ4n) is 3.71. The summed E-state index contributed by atoms with van der Waals surface area (Å²) in [7, 11) is 1.63. The number of carbonyl (C=O) groups excluding carboxylic acids is 1. The van der Waals surface area contributed by atoms with Gasteiger partial charge in [0.2, 0.25) is 0 Å².